The Morgan fingerprint density at radius 2 is 2.14 bits per heavy atom. The largest absolute Gasteiger partial charge is 0.451 e. The number of esters is 1. The molecule has 3 aromatic rings. The Bertz CT molecular complexity index is 748. The average molecular weight is 284 g/mol. The molecule has 0 amide bonds. The number of nitrogens with one attached hydrogen (secondary N) is 1. The highest BCUT2D eigenvalue weighted by molar-refractivity contribution is 5.88. The van der Waals surface area contributed by atoms with Gasteiger partial charge in [-0.15, -0.1) is 0 Å². The molecule has 1 N–H and O–H groups in total. The van der Waals surface area contributed by atoms with Crippen LogP contribution in [0.5, 0.6) is 0 Å². The summed E-state index contributed by atoms with van der Waals surface area (Å²) in [6.45, 7) is 1.62. The van der Waals surface area contributed by atoms with E-state index in [9.17, 15) is 4.79 Å². The van der Waals surface area contributed by atoms with Gasteiger partial charge in [-0.3, -0.25) is 5.10 Å². The van der Waals surface area contributed by atoms with E-state index >= 15 is 0 Å². The number of aromatic amines is 1. The summed E-state index contributed by atoms with van der Waals surface area (Å²) in [6, 6.07) is 11.2. The van der Waals surface area contributed by atoms with E-state index in [-0.39, 0.29) is 18.2 Å². The number of aromatic nitrogens is 4. The molecule has 0 atom stereocenters. The van der Waals surface area contributed by atoms with Crippen LogP contribution in [0.1, 0.15) is 22.2 Å². The first-order valence-electron chi connectivity index (χ1n) is 6.29. The van der Waals surface area contributed by atoms with E-state index < -0.39 is 5.97 Å². The fourth-order valence-corrected chi connectivity index (χ4v) is 1.79. The van der Waals surface area contributed by atoms with Crippen LogP contribution < -0.4 is 0 Å². The molecule has 0 aliphatic carbocycles. The number of aryl methyl sites for hydroxylation is 1. The number of benzene rings is 1. The molecular weight excluding hydrogens is 272 g/mol. The monoisotopic (exact) mass is 284 g/mol. The lowest BCUT2D eigenvalue weighted by molar-refractivity contribution is 0.0423. The Balaban J connectivity index is 1.67. The maximum atomic E-state index is 11.9. The quantitative estimate of drug-likeness (QED) is 0.737. The molecule has 106 valence electrons. The van der Waals surface area contributed by atoms with Gasteiger partial charge < -0.3 is 9.26 Å². The van der Waals surface area contributed by atoms with Crippen LogP contribution in [0.3, 0.4) is 0 Å². The molecular formula is C14H12N4O3. The van der Waals surface area contributed by atoms with E-state index in [1.54, 1.807) is 13.0 Å². The molecule has 7 nitrogen and oxygen atoms in total. The van der Waals surface area contributed by atoms with Crippen LogP contribution in [0.4, 0.5) is 0 Å². The molecule has 21 heavy (non-hydrogen) atoms. The van der Waals surface area contributed by atoms with Crippen molar-refractivity contribution in [3.05, 3.63) is 53.8 Å². The summed E-state index contributed by atoms with van der Waals surface area (Å²) < 4.78 is 9.93. The minimum absolute atomic E-state index is 0.0701. The molecule has 0 aliphatic heterocycles. The summed E-state index contributed by atoms with van der Waals surface area (Å²) in [7, 11) is 0. The average Bonchev–Trinajstić information content (AvgIpc) is 3.15. The van der Waals surface area contributed by atoms with Crippen LogP contribution in [0, 0.1) is 6.92 Å². The molecule has 0 saturated carbocycles. The third-order valence-electron chi connectivity index (χ3n) is 2.76. The van der Waals surface area contributed by atoms with Crippen LogP contribution in [0.2, 0.25) is 0 Å². The van der Waals surface area contributed by atoms with E-state index in [4.69, 9.17) is 9.26 Å². The molecule has 0 aliphatic rings. The maximum absolute atomic E-state index is 11.9. The molecule has 0 spiro atoms. The van der Waals surface area contributed by atoms with Gasteiger partial charge in [0.25, 0.3) is 5.89 Å². The predicted octanol–water partition coefficient (Wildman–Crippen LogP) is 2.13. The van der Waals surface area contributed by atoms with Crippen molar-refractivity contribution in [3.8, 4) is 11.3 Å². The van der Waals surface area contributed by atoms with Gasteiger partial charge in [-0.05, 0) is 13.0 Å². The Labute approximate surface area is 119 Å². The van der Waals surface area contributed by atoms with Gasteiger partial charge in [0.2, 0.25) is 0 Å². The van der Waals surface area contributed by atoms with E-state index in [0.29, 0.717) is 11.5 Å². The van der Waals surface area contributed by atoms with Crippen LogP contribution in [0.25, 0.3) is 11.3 Å². The topological polar surface area (TPSA) is 93.9 Å². The van der Waals surface area contributed by atoms with Gasteiger partial charge in [0.1, 0.15) is 5.69 Å². The number of rotatable bonds is 4. The number of H-pyrrole nitrogens is 1. The van der Waals surface area contributed by atoms with Gasteiger partial charge >= 0.3 is 5.97 Å². The van der Waals surface area contributed by atoms with Crippen LogP contribution in [0.15, 0.2) is 40.9 Å². The van der Waals surface area contributed by atoms with Crippen molar-refractivity contribution in [2.75, 3.05) is 0 Å². The van der Waals surface area contributed by atoms with Gasteiger partial charge in [-0.25, -0.2) is 4.79 Å². The number of ether oxygens (including phenoxy) is 1. The molecule has 0 saturated heterocycles. The van der Waals surface area contributed by atoms with Gasteiger partial charge in [0.05, 0.1) is 5.69 Å². The second kappa shape index (κ2) is 5.58. The molecule has 1 aromatic carbocycles. The van der Waals surface area contributed by atoms with Crippen molar-refractivity contribution in [2.45, 2.75) is 13.5 Å². The van der Waals surface area contributed by atoms with Crippen molar-refractivity contribution in [3.63, 3.8) is 0 Å². The van der Waals surface area contributed by atoms with Crippen molar-refractivity contribution in [1.82, 2.24) is 20.3 Å². The lowest BCUT2D eigenvalue weighted by Crippen LogP contribution is -2.05. The smallest absolute Gasteiger partial charge is 0.356 e. The maximum Gasteiger partial charge on any atom is 0.356 e. The molecule has 0 fully saturated rings. The van der Waals surface area contributed by atoms with Crippen molar-refractivity contribution >= 4 is 5.97 Å². The first-order chi connectivity index (χ1) is 10.2. The minimum Gasteiger partial charge on any atom is -0.451 e. The first-order valence-corrected chi connectivity index (χ1v) is 6.29. The third-order valence-corrected chi connectivity index (χ3v) is 2.76. The molecule has 0 radical (unpaired) electrons. The summed E-state index contributed by atoms with van der Waals surface area (Å²) in [5, 5.41) is 10.4. The summed E-state index contributed by atoms with van der Waals surface area (Å²) in [5.41, 5.74) is 1.86. The zero-order chi connectivity index (χ0) is 14.7. The van der Waals surface area contributed by atoms with Gasteiger partial charge in [0.15, 0.2) is 12.4 Å². The van der Waals surface area contributed by atoms with Crippen LogP contribution in [-0.4, -0.2) is 26.3 Å². The normalized spacial score (nSPS) is 10.5. The molecule has 7 heteroatoms. The van der Waals surface area contributed by atoms with Gasteiger partial charge in [-0.2, -0.15) is 10.1 Å². The molecule has 0 bridgehead atoms. The highest BCUT2D eigenvalue weighted by atomic mass is 16.6. The van der Waals surface area contributed by atoms with Crippen LogP contribution in [-0.2, 0) is 11.3 Å². The summed E-state index contributed by atoms with van der Waals surface area (Å²) >= 11 is 0. The fraction of sp³-hybridized carbons (Fsp3) is 0.143. The second-order valence-electron chi connectivity index (χ2n) is 4.34. The highest BCUT2D eigenvalue weighted by Gasteiger charge is 2.14. The number of nitrogens with zero attached hydrogens (tertiary/aromatic N) is 3. The number of hydrogen-bond donors (Lipinski definition) is 1. The van der Waals surface area contributed by atoms with Gasteiger partial charge in [-0.1, -0.05) is 35.5 Å². The highest BCUT2D eigenvalue weighted by Crippen LogP contribution is 2.17. The summed E-state index contributed by atoms with van der Waals surface area (Å²) in [5.74, 6) is 0.220. The Kier molecular flexibility index (Phi) is 3.46. The van der Waals surface area contributed by atoms with Crippen molar-refractivity contribution in [1.29, 1.82) is 0 Å². The van der Waals surface area contributed by atoms with Gasteiger partial charge in [0, 0.05) is 5.56 Å². The van der Waals surface area contributed by atoms with Crippen molar-refractivity contribution in [2.24, 2.45) is 0 Å². The fourth-order valence-electron chi connectivity index (χ4n) is 1.79. The number of carbonyl (C=O) groups excluding carboxylic acids is 1. The Hall–Kier alpha value is -2.96. The SMILES string of the molecule is Cc1noc(COC(=O)c2cc(-c3ccccc3)n[nH]2)n1. The predicted molar refractivity (Wildman–Crippen MR) is 72.2 cm³/mol. The third kappa shape index (κ3) is 2.97. The van der Waals surface area contributed by atoms with Crippen LogP contribution >= 0.6 is 0 Å². The number of carbonyl (C=O) groups is 1. The Morgan fingerprint density at radius 1 is 1.33 bits per heavy atom. The standard InChI is InChI=1S/C14H12N4O3/c1-9-15-13(21-18-9)8-20-14(19)12-7-11(16-17-12)10-5-3-2-4-6-10/h2-7H,8H2,1H3,(H,16,17). The van der Waals surface area contributed by atoms with Crippen molar-refractivity contribution < 1.29 is 14.1 Å². The molecule has 3 rings (SSSR count). The second-order valence-corrected chi connectivity index (χ2v) is 4.34. The zero-order valence-electron chi connectivity index (χ0n) is 11.2. The summed E-state index contributed by atoms with van der Waals surface area (Å²) in [4.78, 5) is 15.8. The first kappa shape index (κ1) is 13.0. The lowest BCUT2D eigenvalue weighted by Gasteiger charge is -1.98. The molecule has 2 aromatic heterocycles. The van der Waals surface area contributed by atoms with E-state index in [2.05, 4.69) is 20.3 Å². The zero-order valence-corrected chi connectivity index (χ0v) is 11.2. The van der Waals surface area contributed by atoms with E-state index in [1.807, 2.05) is 30.3 Å². The minimum atomic E-state index is -0.527. The van der Waals surface area contributed by atoms with E-state index in [0.717, 1.165) is 5.56 Å². The lowest BCUT2D eigenvalue weighted by atomic mass is 10.1. The van der Waals surface area contributed by atoms with E-state index in [1.165, 1.54) is 0 Å². The number of hydrogen-bond acceptors (Lipinski definition) is 6. The molecule has 2 heterocycles. The molecule has 0 unspecified atom stereocenters. The Morgan fingerprint density at radius 3 is 2.86 bits per heavy atom. The summed E-state index contributed by atoms with van der Waals surface area (Å²) in [6.07, 6.45) is 0.